The fourth-order valence-corrected chi connectivity index (χ4v) is 2.74. The number of likely N-dealkylation sites (tertiary alicyclic amines) is 1. The maximum atomic E-state index is 11.1. The zero-order chi connectivity index (χ0) is 13.8. The average molecular weight is 282 g/mol. The normalized spacial score (nSPS) is 24.3. The van der Waals surface area contributed by atoms with Crippen LogP contribution in [-0.4, -0.2) is 35.1 Å². The van der Waals surface area contributed by atoms with Gasteiger partial charge in [0.1, 0.15) is 0 Å². The average Bonchev–Trinajstić information content (AvgIpc) is 2.39. The number of aliphatic carboxylic acids is 1. The third-order valence-electron chi connectivity index (χ3n) is 3.96. The molecule has 1 aromatic carbocycles. The first-order chi connectivity index (χ1) is 9.06. The fraction of sp³-hybridized carbons (Fsp3) is 0.533. The van der Waals surface area contributed by atoms with Crippen LogP contribution in [-0.2, 0) is 11.2 Å². The van der Waals surface area contributed by atoms with Crippen LogP contribution in [0, 0.1) is 5.92 Å². The molecule has 2 unspecified atom stereocenters. The lowest BCUT2D eigenvalue weighted by Gasteiger charge is -2.36. The largest absolute Gasteiger partial charge is 0.481 e. The summed E-state index contributed by atoms with van der Waals surface area (Å²) < 4.78 is 0. The molecule has 0 saturated carbocycles. The molecule has 1 heterocycles. The minimum atomic E-state index is -0.664. The number of piperidine rings is 1. The zero-order valence-electron chi connectivity index (χ0n) is 11.2. The molecule has 0 aromatic heterocycles. The van der Waals surface area contributed by atoms with Crippen molar-refractivity contribution in [1.29, 1.82) is 0 Å². The van der Waals surface area contributed by atoms with Gasteiger partial charge in [-0.1, -0.05) is 23.7 Å². The lowest BCUT2D eigenvalue weighted by atomic mass is 9.93. The second kappa shape index (κ2) is 6.40. The lowest BCUT2D eigenvalue weighted by Crippen LogP contribution is -2.44. The van der Waals surface area contributed by atoms with Gasteiger partial charge < -0.3 is 5.11 Å². The fourth-order valence-electron chi connectivity index (χ4n) is 2.62. The molecule has 2 rings (SSSR count). The number of carboxylic acid groups (broad SMARTS) is 1. The Morgan fingerprint density at radius 2 is 2.05 bits per heavy atom. The maximum Gasteiger partial charge on any atom is 0.307 e. The standard InChI is InChI=1S/C15H20ClNO2/c1-11-2-5-13(15(18)19)10-17(11)9-8-12-3-6-14(16)7-4-12/h3-4,6-7,11,13H,2,5,8-10H2,1H3,(H,18,19). The second-order valence-electron chi connectivity index (χ2n) is 5.33. The highest BCUT2D eigenvalue weighted by atomic mass is 35.5. The summed E-state index contributed by atoms with van der Waals surface area (Å²) in [5.74, 6) is -0.871. The van der Waals surface area contributed by atoms with Gasteiger partial charge in [-0.05, 0) is 43.9 Å². The molecule has 1 aromatic rings. The number of halogens is 1. The molecule has 1 aliphatic rings. The van der Waals surface area contributed by atoms with E-state index in [1.54, 1.807) is 0 Å². The molecule has 0 bridgehead atoms. The van der Waals surface area contributed by atoms with E-state index in [-0.39, 0.29) is 5.92 Å². The minimum Gasteiger partial charge on any atom is -0.481 e. The van der Waals surface area contributed by atoms with Gasteiger partial charge in [-0.2, -0.15) is 0 Å². The molecule has 0 amide bonds. The zero-order valence-corrected chi connectivity index (χ0v) is 11.9. The van der Waals surface area contributed by atoms with Crippen molar-refractivity contribution in [3.8, 4) is 0 Å². The van der Waals surface area contributed by atoms with Crippen molar-refractivity contribution >= 4 is 17.6 Å². The summed E-state index contributed by atoms with van der Waals surface area (Å²) in [7, 11) is 0. The first-order valence-electron chi connectivity index (χ1n) is 6.77. The van der Waals surface area contributed by atoms with Crippen molar-refractivity contribution in [2.24, 2.45) is 5.92 Å². The van der Waals surface area contributed by atoms with Crippen molar-refractivity contribution in [2.75, 3.05) is 13.1 Å². The van der Waals surface area contributed by atoms with Gasteiger partial charge in [0.05, 0.1) is 5.92 Å². The summed E-state index contributed by atoms with van der Waals surface area (Å²) in [6, 6.07) is 8.34. The first-order valence-corrected chi connectivity index (χ1v) is 7.15. The van der Waals surface area contributed by atoms with Crippen LogP contribution in [0.1, 0.15) is 25.3 Å². The summed E-state index contributed by atoms with van der Waals surface area (Å²) in [5, 5.41) is 9.87. The van der Waals surface area contributed by atoms with E-state index in [0.29, 0.717) is 12.6 Å². The van der Waals surface area contributed by atoms with Crippen molar-refractivity contribution in [1.82, 2.24) is 4.90 Å². The van der Waals surface area contributed by atoms with Crippen LogP contribution in [0.25, 0.3) is 0 Å². The summed E-state index contributed by atoms with van der Waals surface area (Å²) in [5.41, 5.74) is 1.24. The molecule has 0 aliphatic carbocycles. The molecule has 1 aliphatic heterocycles. The van der Waals surface area contributed by atoms with E-state index in [2.05, 4.69) is 11.8 Å². The van der Waals surface area contributed by atoms with Crippen LogP contribution >= 0.6 is 11.6 Å². The van der Waals surface area contributed by atoms with Gasteiger partial charge in [-0.3, -0.25) is 9.69 Å². The molecule has 0 radical (unpaired) electrons. The summed E-state index contributed by atoms with van der Waals surface area (Å²) in [6.45, 7) is 3.76. The van der Waals surface area contributed by atoms with E-state index in [1.165, 1.54) is 5.56 Å². The smallest absolute Gasteiger partial charge is 0.307 e. The van der Waals surface area contributed by atoms with Gasteiger partial charge in [0.25, 0.3) is 0 Å². The van der Waals surface area contributed by atoms with E-state index < -0.39 is 5.97 Å². The van der Waals surface area contributed by atoms with Crippen LogP contribution in [0.15, 0.2) is 24.3 Å². The van der Waals surface area contributed by atoms with Gasteiger partial charge in [-0.25, -0.2) is 0 Å². The Morgan fingerprint density at radius 1 is 1.37 bits per heavy atom. The quantitative estimate of drug-likeness (QED) is 0.922. The van der Waals surface area contributed by atoms with Gasteiger partial charge in [-0.15, -0.1) is 0 Å². The van der Waals surface area contributed by atoms with Crippen molar-refractivity contribution < 1.29 is 9.90 Å². The molecule has 1 N–H and O–H groups in total. The SMILES string of the molecule is CC1CCC(C(=O)O)CN1CCc1ccc(Cl)cc1. The summed E-state index contributed by atoms with van der Waals surface area (Å²) in [6.07, 6.45) is 2.71. The van der Waals surface area contributed by atoms with E-state index in [4.69, 9.17) is 16.7 Å². The van der Waals surface area contributed by atoms with Crippen LogP contribution in [0.4, 0.5) is 0 Å². The Kier molecular flexibility index (Phi) is 4.83. The Morgan fingerprint density at radius 3 is 2.68 bits per heavy atom. The molecule has 1 saturated heterocycles. The molecule has 19 heavy (non-hydrogen) atoms. The van der Waals surface area contributed by atoms with Gasteiger partial charge in [0.2, 0.25) is 0 Å². The van der Waals surface area contributed by atoms with Crippen LogP contribution in [0.3, 0.4) is 0 Å². The number of nitrogens with zero attached hydrogens (tertiary/aromatic N) is 1. The Balaban J connectivity index is 1.90. The first kappa shape index (κ1) is 14.4. The third-order valence-corrected chi connectivity index (χ3v) is 4.21. The molecular weight excluding hydrogens is 262 g/mol. The Hall–Kier alpha value is -1.06. The highest BCUT2D eigenvalue weighted by Gasteiger charge is 2.29. The number of hydrogen-bond acceptors (Lipinski definition) is 2. The highest BCUT2D eigenvalue weighted by molar-refractivity contribution is 6.30. The van der Waals surface area contributed by atoms with E-state index in [9.17, 15) is 4.79 Å². The lowest BCUT2D eigenvalue weighted by molar-refractivity contribution is -0.144. The van der Waals surface area contributed by atoms with E-state index in [0.717, 1.165) is 30.8 Å². The van der Waals surface area contributed by atoms with Gasteiger partial charge in [0.15, 0.2) is 0 Å². The monoisotopic (exact) mass is 281 g/mol. The molecule has 1 fully saturated rings. The molecule has 3 nitrogen and oxygen atoms in total. The topological polar surface area (TPSA) is 40.5 Å². The Labute approximate surface area is 119 Å². The summed E-state index contributed by atoms with van der Waals surface area (Å²) in [4.78, 5) is 13.4. The number of benzene rings is 1. The van der Waals surface area contributed by atoms with Crippen molar-refractivity contribution in [2.45, 2.75) is 32.2 Å². The number of carbonyl (C=O) groups is 1. The third kappa shape index (κ3) is 3.95. The van der Waals surface area contributed by atoms with Gasteiger partial charge >= 0.3 is 5.97 Å². The van der Waals surface area contributed by atoms with Gasteiger partial charge in [0, 0.05) is 24.2 Å². The van der Waals surface area contributed by atoms with Crippen LogP contribution in [0.5, 0.6) is 0 Å². The highest BCUT2D eigenvalue weighted by Crippen LogP contribution is 2.22. The van der Waals surface area contributed by atoms with Crippen molar-refractivity contribution in [3.63, 3.8) is 0 Å². The number of hydrogen-bond donors (Lipinski definition) is 1. The molecule has 104 valence electrons. The predicted octanol–water partition coefficient (Wildman–Crippen LogP) is 3.07. The second-order valence-corrected chi connectivity index (χ2v) is 5.77. The van der Waals surface area contributed by atoms with E-state index in [1.807, 2.05) is 24.3 Å². The molecular formula is C15H20ClNO2. The molecule has 4 heteroatoms. The Bertz CT molecular complexity index is 432. The van der Waals surface area contributed by atoms with Crippen LogP contribution < -0.4 is 0 Å². The van der Waals surface area contributed by atoms with E-state index >= 15 is 0 Å². The maximum absolute atomic E-state index is 11.1. The van der Waals surface area contributed by atoms with Crippen molar-refractivity contribution in [3.05, 3.63) is 34.9 Å². The molecule has 0 spiro atoms. The minimum absolute atomic E-state index is 0.207. The number of carboxylic acids is 1. The summed E-state index contributed by atoms with van der Waals surface area (Å²) >= 11 is 5.86. The predicted molar refractivity (Wildman–Crippen MR) is 76.6 cm³/mol. The number of rotatable bonds is 4. The van der Waals surface area contributed by atoms with Crippen LogP contribution in [0.2, 0.25) is 5.02 Å². The molecule has 2 atom stereocenters.